The van der Waals surface area contributed by atoms with Gasteiger partial charge in [-0.05, 0) is 49.2 Å². The van der Waals surface area contributed by atoms with Gasteiger partial charge in [0.1, 0.15) is 5.75 Å². The van der Waals surface area contributed by atoms with Crippen molar-refractivity contribution in [3.8, 4) is 5.75 Å². The number of ether oxygens (including phenoxy) is 1. The van der Waals surface area contributed by atoms with Gasteiger partial charge in [-0.15, -0.1) is 0 Å². The minimum atomic E-state index is -2.83. The van der Waals surface area contributed by atoms with E-state index in [1.54, 1.807) is 12.1 Å². The second-order valence-electron chi connectivity index (χ2n) is 6.22. The number of carbonyl (C=O) groups excluding carboxylic acids is 1. The molecule has 2 rings (SSSR count). The minimum absolute atomic E-state index is 0.0428. The van der Waals surface area contributed by atoms with Gasteiger partial charge in [-0.3, -0.25) is 9.69 Å². The molecule has 0 unspecified atom stereocenters. The van der Waals surface area contributed by atoms with Crippen molar-refractivity contribution in [2.24, 2.45) is 0 Å². The Morgan fingerprint density at radius 2 is 1.85 bits per heavy atom. The van der Waals surface area contributed by atoms with Crippen molar-refractivity contribution >= 4 is 5.91 Å². The van der Waals surface area contributed by atoms with Gasteiger partial charge in [0.05, 0.1) is 6.54 Å². The molecule has 2 aromatic carbocycles. The van der Waals surface area contributed by atoms with Gasteiger partial charge in [-0.1, -0.05) is 36.4 Å². The van der Waals surface area contributed by atoms with Gasteiger partial charge in [0.2, 0.25) is 5.91 Å². The Morgan fingerprint density at radius 3 is 2.50 bits per heavy atom. The van der Waals surface area contributed by atoms with Crippen molar-refractivity contribution in [3.05, 3.63) is 65.2 Å². The number of alkyl halides is 2. The molecule has 140 valence electrons. The molecule has 0 aromatic heterocycles. The van der Waals surface area contributed by atoms with Crippen LogP contribution in [0.1, 0.15) is 16.7 Å². The fourth-order valence-corrected chi connectivity index (χ4v) is 2.67. The van der Waals surface area contributed by atoms with E-state index in [1.165, 1.54) is 23.3 Å². The molecule has 0 heterocycles. The van der Waals surface area contributed by atoms with Crippen LogP contribution in [0.5, 0.6) is 5.75 Å². The van der Waals surface area contributed by atoms with E-state index in [4.69, 9.17) is 0 Å². The quantitative estimate of drug-likeness (QED) is 0.744. The molecule has 0 aliphatic rings. The molecule has 0 bridgehead atoms. The number of carbonyl (C=O) groups is 1. The fraction of sp³-hybridized carbons (Fsp3) is 0.350. The van der Waals surface area contributed by atoms with Gasteiger partial charge >= 0.3 is 6.61 Å². The number of nitrogens with one attached hydrogen (secondary N) is 1. The first-order chi connectivity index (χ1) is 12.4. The first kappa shape index (κ1) is 19.8. The highest BCUT2D eigenvalue weighted by molar-refractivity contribution is 5.77. The van der Waals surface area contributed by atoms with E-state index in [2.05, 4.69) is 29.1 Å². The average Bonchev–Trinajstić information content (AvgIpc) is 2.58. The summed E-state index contributed by atoms with van der Waals surface area (Å²) < 4.78 is 28.6. The molecule has 0 saturated carbocycles. The summed E-state index contributed by atoms with van der Waals surface area (Å²) >= 11 is 0. The Morgan fingerprint density at radius 1 is 1.15 bits per heavy atom. The van der Waals surface area contributed by atoms with Crippen molar-refractivity contribution < 1.29 is 18.3 Å². The largest absolute Gasteiger partial charge is 0.435 e. The molecule has 1 amide bonds. The lowest BCUT2D eigenvalue weighted by Crippen LogP contribution is -2.35. The summed E-state index contributed by atoms with van der Waals surface area (Å²) in [6.45, 7) is 0.634. The van der Waals surface area contributed by atoms with Crippen LogP contribution in [0.25, 0.3) is 0 Å². The highest BCUT2D eigenvalue weighted by Crippen LogP contribution is 2.15. The zero-order valence-corrected chi connectivity index (χ0v) is 15.0. The Hall–Kier alpha value is -2.47. The second-order valence-corrected chi connectivity index (χ2v) is 6.22. The molecule has 0 spiro atoms. The average molecular weight is 362 g/mol. The molecule has 0 aliphatic carbocycles. The van der Waals surface area contributed by atoms with Gasteiger partial charge in [-0.2, -0.15) is 8.78 Å². The van der Waals surface area contributed by atoms with Gasteiger partial charge in [0, 0.05) is 13.1 Å². The van der Waals surface area contributed by atoms with Crippen molar-refractivity contribution in [1.82, 2.24) is 10.2 Å². The zero-order chi connectivity index (χ0) is 18.9. The molecular weight excluding hydrogens is 338 g/mol. The molecule has 1 N–H and O–H groups in total. The van der Waals surface area contributed by atoms with Gasteiger partial charge in [0.15, 0.2) is 0 Å². The van der Waals surface area contributed by atoms with Crippen molar-refractivity contribution in [2.75, 3.05) is 20.1 Å². The highest BCUT2D eigenvalue weighted by atomic mass is 19.3. The smallest absolute Gasteiger partial charge is 0.387 e. The van der Waals surface area contributed by atoms with E-state index in [0.717, 1.165) is 12.0 Å². The molecule has 0 atom stereocenters. The van der Waals surface area contributed by atoms with Crippen molar-refractivity contribution in [2.45, 2.75) is 26.5 Å². The summed E-state index contributed by atoms with van der Waals surface area (Å²) in [5, 5.41) is 2.92. The van der Waals surface area contributed by atoms with Crippen LogP contribution in [0.15, 0.2) is 48.5 Å². The number of halogens is 2. The molecule has 0 aliphatic heterocycles. The molecule has 0 radical (unpaired) electrons. The van der Waals surface area contributed by atoms with Crippen LogP contribution in [-0.4, -0.2) is 37.6 Å². The molecule has 0 saturated heterocycles. The topological polar surface area (TPSA) is 41.6 Å². The second kappa shape index (κ2) is 9.87. The van der Waals surface area contributed by atoms with Crippen LogP contribution in [0.2, 0.25) is 0 Å². The highest BCUT2D eigenvalue weighted by Gasteiger charge is 2.08. The van der Waals surface area contributed by atoms with E-state index >= 15 is 0 Å². The first-order valence-electron chi connectivity index (χ1n) is 8.47. The number of amides is 1. The number of hydrogen-bond donors (Lipinski definition) is 1. The Kier molecular flexibility index (Phi) is 7.53. The van der Waals surface area contributed by atoms with E-state index in [1.807, 2.05) is 24.1 Å². The van der Waals surface area contributed by atoms with E-state index in [9.17, 15) is 13.6 Å². The van der Waals surface area contributed by atoms with E-state index < -0.39 is 6.61 Å². The third-order valence-electron chi connectivity index (χ3n) is 3.99. The van der Waals surface area contributed by atoms with Crippen molar-refractivity contribution in [1.29, 1.82) is 0 Å². The standard InChI is InChI=1S/C20H24F2N2O2/c1-15-5-3-4-6-17(15)11-12-23-19(25)14-24(2)13-16-7-9-18(10-8-16)26-20(21)22/h3-10,20H,11-14H2,1-2H3,(H,23,25). The SMILES string of the molecule is Cc1ccccc1CCNC(=O)CN(C)Cc1ccc(OC(F)F)cc1. The molecular formula is C20H24F2N2O2. The monoisotopic (exact) mass is 362 g/mol. The predicted molar refractivity (Wildman–Crippen MR) is 97.3 cm³/mol. The molecule has 2 aromatic rings. The van der Waals surface area contributed by atoms with Crippen LogP contribution in [0, 0.1) is 6.92 Å². The molecule has 4 nitrogen and oxygen atoms in total. The van der Waals surface area contributed by atoms with Gasteiger partial charge in [-0.25, -0.2) is 0 Å². The Bertz CT molecular complexity index is 705. The summed E-state index contributed by atoms with van der Waals surface area (Å²) in [5.74, 6) is 0.0825. The summed E-state index contributed by atoms with van der Waals surface area (Å²) in [7, 11) is 1.84. The van der Waals surface area contributed by atoms with Gasteiger partial charge in [0.25, 0.3) is 0 Å². The van der Waals surface area contributed by atoms with E-state index in [-0.39, 0.29) is 18.2 Å². The number of aryl methyl sites for hydroxylation is 1. The number of hydrogen-bond acceptors (Lipinski definition) is 3. The van der Waals surface area contributed by atoms with Gasteiger partial charge < -0.3 is 10.1 Å². The maximum atomic E-state index is 12.1. The van der Waals surface area contributed by atoms with Crippen molar-refractivity contribution in [3.63, 3.8) is 0 Å². The lowest BCUT2D eigenvalue weighted by atomic mass is 10.1. The van der Waals surface area contributed by atoms with Crippen LogP contribution in [-0.2, 0) is 17.8 Å². The van der Waals surface area contributed by atoms with Crippen LogP contribution < -0.4 is 10.1 Å². The van der Waals surface area contributed by atoms with E-state index in [0.29, 0.717) is 13.1 Å². The normalized spacial score (nSPS) is 11.0. The maximum absolute atomic E-state index is 12.1. The third-order valence-corrected chi connectivity index (χ3v) is 3.99. The fourth-order valence-electron chi connectivity index (χ4n) is 2.67. The number of nitrogens with zero attached hydrogens (tertiary/aromatic N) is 1. The Labute approximate surface area is 152 Å². The van der Waals surface area contributed by atoms with Crippen LogP contribution in [0.3, 0.4) is 0 Å². The summed E-state index contributed by atoms with van der Waals surface area (Å²) in [6, 6.07) is 14.5. The Balaban J connectivity index is 1.72. The molecule has 6 heteroatoms. The lowest BCUT2D eigenvalue weighted by Gasteiger charge is -2.17. The number of rotatable bonds is 9. The van der Waals surface area contributed by atoms with Crippen LogP contribution in [0.4, 0.5) is 8.78 Å². The maximum Gasteiger partial charge on any atom is 0.387 e. The summed E-state index contributed by atoms with van der Waals surface area (Å²) in [4.78, 5) is 13.9. The summed E-state index contributed by atoms with van der Waals surface area (Å²) in [5.41, 5.74) is 3.37. The number of likely N-dealkylation sites (N-methyl/N-ethyl adjacent to an activating group) is 1. The summed E-state index contributed by atoms with van der Waals surface area (Å²) in [6.07, 6.45) is 0.799. The molecule has 26 heavy (non-hydrogen) atoms. The lowest BCUT2D eigenvalue weighted by molar-refractivity contribution is -0.122. The predicted octanol–water partition coefficient (Wildman–Crippen LogP) is 3.39. The third kappa shape index (κ3) is 6.80. The minimum Gasteiger partial charge on any atom is -0.435 e. The zero-order valence-electron chi connectivity index (χ0n) is 15.0. The molecule has 0 fully saturated rings. The first-order valence-corrected chi connectivity index (χ1v) is 8.47. The number of benzene rings is 2. The van der Waals surface area contributed by atoms with Crippen LogP contribution >= 0.6 is 0 Å².